The van der Waals surface area contributed by atoms with Crippen molar-refractivity contribution in [1.82, 2.24) is 19.2 Å². The molecular formula is C25H23F2N5O2. The van der Waals surface area contributed by atoms with E-state index in [1.165, 1.54) is 12.1 Å². The molecule has 0 aliphatic carbocycles. The Hall–Kier alpha value is -3.98. The van der Waals surface area contributed by atoms with E-state index < -0.39 is 11.6 Å². The van der Waals surface area contributed by atoms with Crippen molar-refractivity contribution >= 4 is 22.2 Å². The fourth-order valence-corrected chi connectivity index (χ4v) is 3.86. The Kier molecular flexibility index (Phi) is 6.09. The van der Waals surface area contributed by atoms with Crippen LogP contribution in [0.4, 0.5) is 14.5 Å². The molecule has 0 unspecified atom stereocenters. The molecular weight excluding hydrogens is 440 g/mol. The molecule has 0 saturated carbocycles. The minimum absolute atomic E-state index is 0.209. The zero-order valence-corrected chi connectivity index (χ0v) is 18.5. The lowest BCUT2D eigenvalue weighted by Gasteiger charge is -2.10. The topological polar surface area (TPSA) is 65.6 Å². The molecule has 0 bridgehead atoms. The number of ether oxygens (including phenoxy) is 2. The van der Waals surface area contributed by atoms with Gasteiger partial charge in [0.05, 0.1) is 43.3 Å². The number of methoxy groups -OCH3 is 1. The Bertz CT molecular complexity index is 1450. The molecule has 0 atom stereocenters. The van der Waals surface area contributed by atoms with Gasteiger partial charge in [-0.15, -0.1) is 0 Å². The number of anilines is 1. The molecule has 0 aliphatic rings. The summed E-state index contributed by atoms with van der Waals surface area (Å²) in [5.41, 5.74) is 3.90. The summed E-state index contributed by atoms with van der Waals surface area (Å²) in [7, 11) is 1.64. The van der Waals surface area contributed by atoms with Crippen LogP contribution in [-0.4, -0.2) is 39.5 Å². The van der Waals surface area contributed by atoms with Crippen LogP contribution in [0.1, 0.15) is 11.3 Å². The van der Waals surface area contributed by atoms with Crippen LogP contribution in [0.3, 0.4) is 0 Å². The molecule has 0 aliphatic heterocycles. The number of hydrogen-bond acceptors (Lipinski definition) is 5. The van der Waals surface area contributed by atoms with Crippen molar-refractivity contribution in [1.29, 1.82) is 0 Å². The molecule has 0 fully saturated rings. The molecule has 2 aromatic carbocycles. The average molecular weight is 463 g/mol. The number of aromatic nitrogens is 4. The molecule has 0 spiro atoms. The van der Waals surface area contributed by atoms with Gasteiger partial charge >= 0.3 is 0 Å². The van der Waals surface area contributed by atoms with Crippen LogP contribution in [0, 0.1) is 11.6 Å². The highest BCUT2D eigenvalue weighted by Gasteiger charge is 2.11. The maximum absolute atomic E-state index is 14.1. The quantitative estimate of drug-likeness (QED) is 0.323. The van der Waals surface area contributed by atoms with Gasteiger partial charge in [0, 0.05) is 42.1 Å². The number of rotatable bonds is 9. The smallest absolute Gasteiger partial charge is 0.140 e. The molecule has 9 heteroatoms. The molecule has 0 amide bonds. The van der Waals surface area contributed by atoms with E-state index in [0.29, 0.717) is 25.3 Å². The number of hydrogen-bond donors (Lipinski definition) is 1. The number of nitrogens with one attached hydrogen (secondary N) is 1. The summed E-state index contributed by atoms with van der Waals surface area (Å²) in [6, 6.07) is 13.2. The van der Waals surface area contributed by atoms with E-state index in [1.54, 1.807) is 18.0 Å². The van der Waals surface area contributed by atoms with Crippen molar-refractivity contribution in [2.24, 2.45) is 0 Å². The molecule has 1 N–H and O–H groups in total. The molecule has 0 radical (unpaired) electrons. The van der Waals surface area contributed by atoms with Gasteiger partial charge in [-0.3, -0.25) is 4.68 Å². The van der Waals surface area contributed by atoms with Crippen LogP contribution in [0.25, 0.3) is 16.6 Å². The lowest BCUT2D eigenvalue weighted by molar-refractivity contribution is 0.146. The minimum atomic E-state index is -0.597. The summed E-state index contributed by atoms with van der Waals surface area (Å²) in [4.78, 5) is 4.48. The lowest BCUT2D eigenvalue weighted by Crippen LogP contribution is -2.05. The van der Waals surface area contributed by atoms with E-state index in [4.69, 9.17) is 9.47 Å². The summed E-state index contributed by atoms with van der Waals surface area (Å²) < 4.78 is 41.7. The van der Waals surface area contributed by atoms with Crippen molar-refractivity contribution in [2.75, 3.05) is 25.6 Å². The first-order valence-corrected chi connectivity index (χ1v) is 10.8. The van der Waals surface area contributed by atoms with E-state index in [-0.39, 0.29) is 6.54 Å². The number of nitrogens with zero attached hydrogens (tertiary/aromatic N) is 4. The normalized spacial score (nSPS) is 11.4. The molecule has 5 rings (SSSR count). The molecule has 3 aromatic heterocycles. The van der Waals surface area contributed by atoms with Crippen LogP contribution < -0.4 is 10.1 Å². The van der Waals surface area contributed by atoms with Crippen LogP contribution in [0.5, 0.6) is 5.75 Å². The summed E-state index contributed by atoms with van der Waals surface area (Å²) in [5.74, 6) is -0.442. The number of imidazole rings is 1. The van der Waals surface area contributed by atoms with Gasteiger partial charge in [-0.05, 0) is 24.3 Å². The second kappa shape index (κ2) is 9.48. The highest BCUT2D eigenvalue weighted by atomic mass is 19.1. The van der Waals surface area contributed by atoms with E-state index in [9.17, 15) is 8.78 Å². The number of fused-ring (bicyclic) bond motifs is 2. The van der Waals surface area contributed by atoms with Crippen LogP contribution >= 0.6 is 0 Å². The van der Waals surface area contributed by atoms with Crippen molar-refractivity contribution in [3.63, 3.8) is 0 Å². The maximum Gasteiger partial charge on any atom is 0.140 e. The zero-order chi connectivity index (χ0) is 23.5. The molecule has 0 saturated heterocycles. The molecule has 174 valence electrons. The Morgan fingerprint density at radius 3 is 2.79 bits per heavy atom. The monoisotopic (exact) mass is 463 g/mol. The average Bonchev–Trinajstić information content (AvgIpc) is 3.44. The van der Waals surface area contributed by atoms with Crippen LogP contribution in [0.15, 0.2) is 67.1 Å². The van der Waals surface area contributed by atoms with Gasteiger partial charge in [0.15, 0.2) is 0 Å². The van der Waals surface area contributed by atoms with Gasteiger partial charge in [0.1, 0.15) is 29.6 Å². The van der Waals surface area contributed by atoms with Crippen LogP contribution in [0.2, 0.25) is 0 Å². The lowest BCUT2D eigenvalue weighted by atomic mass is 10.2. The van der Waals surface area contributed by atoms with Crippen molar-refractivity contribution in [3.05, 3.63) is 90.0 Å². The summed E-state index contributed by atoms with van der Waals surface area (Å²) in [6.45, 7) is 1.76. The Balaban J connectivity index is 1.33. The second-order valence-electron chi connectivity index (χ2n) is 7.81. The first-order valence-electron chi connectivity index (χ1n) is 10.8. The number of halogens is 2. The predicted molar refractivity (Wildman–Crippen MR) is 125 cm³/mol. The summed E-state index contributed by atoms with van der Waals surface area (Å²) in [5, 5.41) is 8.78. The third kappa shape index (κ3) is 4.42. The molecule has 5 aromatic rings. The van der Waals surface area contributed by atoms with Gasteiger partial charge in [0.25, 0.3) is 0 Å². The van der Waals surface area contributed by atoms with Gasteiger partial charge in [-0.25, -0.2) is 13.8 Å². The van der Waals surface area contributed by atoms with E-state index in [0.717, 1.165) is 39.7 Å². The van der Waals surface area contributed by atoms with E-state index >= 15 is 0 Å². The van der Waals surface area contributed by atoms with Crippen molar-refractivity contribution in [3.8, 4) is 5.75 Å². The second-order valence-corrected chi connectivity index (χ2v) is 7.81. The van der Waals surface area contributed by atoms with Gasteiger partial charge in [-0.2, -0.15) is 5.10 Å². The Morgan fingerprint density at radius 2 is 1.94 bits per heavy atom. The fraction of sp³-hybridized carbons (Fsp3) is 0.200. The Labute approximate surface area is 194 Å². The van der Waals surface area contributed by atoms with E-state index in [1.807, 2.05) is 47.1 Å². The summed E-state index contributed by atoms with van der Waals surface area (Å²) >= 11 is 0. The van der Waals surface area contributed by atoms with Crippen molar-refractivity contribution in [2.45, 2.75) is 13.1 Å². The Morgan fingerprint density at radius 1 is 1.03 bits per heavy atom. The van der Waals surface area contributed by atoms with Gasteiger partial charge in [-0.1, -0.05) is 12.1 Å². The largest absolute Gasteiger partial charge is 0.491 e. The third-order valence-corrected chi connectivity index (χ3v) is 5.60. The molecule has 7 nitrogen and oxygen atoms in total. The van der Waals surface area contributed by atoms with E-state index in [2.05, 4.69) is 15.4 Å². The minimum Gasteiger partial charge on any atom is -0.491 e. The predicted octanol–water partition coefficient (Wildman–Crippen LogP) is 4.65. The third-order valence-electron chi connectivity index (χ3n) is 5.60. The molecule has 34 heavy (non-hydrogen) atoms. The zero-order valence-electron chi connectivity index (χ0n) is 18.5. The van der Waals surface area contributed by atoms with Crippen molar-refractivity contribution < 1.29 is 18.3 Å². The summed E-state index contributed by atoms with van der Waals surface area (Å²) in [6.07, 6.45) is 5.50. The standard InChI is InChI=1S/C25H23F2N5O2/c1-33-9-10-34-20-7-8-31-19(14-29-25(31)12-20)13-28-23-3-2-4-24-21(23)15-30-32(24)16-17-5-6-18(26)11-22(17)27/h2-8,11-12,14-15,28H,9-10,13,16H2,1H3. The highest BCUT2D eigenvalue weighted by molar-refractivity contribution is 5.91. The highest BCUT2D eigenvalue weighted by Crippen LogP contribution is 2.25. The fourth-order valence-electron chi connectivity index (χ4n) is 3.86. The number of pyridine rings is 1. The maximum atomic E-state index is 14.1. The SMILES string of the molecule is COCCOc1ccn2c(CNc3cccc4c3cnn4Cc3ccc(F)cc3F)cnc2c1. The molecule has 3 heterocycles. The first kappa shape index (κ1) is 21.8. The van der Waals surface area contributed by atoms with Gasteiger partial charge < -0.3 is 19.2 Å². The van der Waals surface area contributed by atoms with Gasteiger partial charge in [0.2, 0.25) is 0 Å². The first-order chi connectivity index (χ1) is 16.6. The number of benzene rings is 2. The van der Waals surface area contributed by atoms with Crippen LogP contribution in [-0.2, 0) is 17.8 Å².